The van der Waals surface area contributed by atoms with Gasteiger partial charge in [-0.1, -0.05) is 33.8 Å². The SMILES string of the molecule is C=C1[C@@H](OC(C)=O)[C@H](O)[C@H]2[C@H]3[C@@H]1[C@]2(C)CCCC3(C)C. The lowest BCUT2D eigenvalue weighted by molar-refractivity contribution is -0.237. The maximum atomic E-state index is 11.3. The van der Waals surface area contributed by atoms with E-state index >= 15 is 0 Å². The molecule has 0 aromatic heterocycles. The first kappa shape index (κ1) is 14.1. The molecule has 1 N–H and O–H groups in total. The zero-order chi connectivity index (χ0) is 14.9. The van der Waals surface area contributed by atoms with Crippen LogP contribution in [0.25, 0.3) is 0 Å². The zero-order valence-corrected chi connectivity index (χ0v) is 13.0. The number of ether oxygens (including phenoxy) is 1. The van der Waals surface area contributed by atoms with Crippen LogP contribution in [0.5, 0.6) is 0 Å². The van der Waals surface area contributed by atoms with Crippen molar-refractivity contribution in [1.29, 1.82) is 0 Å². The van der Waals surface area contributed by atoms with Gasteiger partial charge in [-0.25, -0.2) is 0 Å². The molecule has 4 aliphatic carbocycles. The van der Waals surface area contributed by atoms with E-state index in [2.05, 4.69) is 27.4 Å². The standard InChI is InChI=1S/C17H26O3/c1-9-11-12-13(14(19)15(9)20-10(2)18)17(11,5)8-6-7-16(12,3)4/h11-15,19H,1,6-8H2,2-5H3/t11-,12-,13-,14-,15-,17+/m1/s1. The normalized spacial score (nSPS) is 49.0. The highest BCUT2D eigenvalue weighted by Gasteiger charge is 2.71. The van der Waals surface area contributed by atoms with Gasteiger partial charge in [-0.3, -0.25) is 4.79 Å². The number of aliphatic hydroxyl groups excluding tert-OH is 1. The van der Waals surface area contributed by atoms with Gasteiger partial charge in [0.2, 0.25) is 0 Å². The van der Waals surface area contributed by atoms with Crippen LogP contribution in [-0.4, -0.2) is 23.3 Å². The highest BCUT2D eigenvalue weighted by molar-refractivity contribution is 5.66. The van der Waals surface area contributed by atoms with Gasteiger partial charge in [0.1, 0.15) is 6.10 Å². The molecule has 0 unspecified atom stereocenters. The topological polar surface area (TPSA) is 46.5 Å². The average Bonchev–Trinajstić information content (AvgIpc) is 2.47. The number of hydrogen-bond acceptors (Lipinski definition) is 3. The van der Waals surface area contributed by atoms with E-state index in [1.54, 1.807) is 0 Å². The Hall–Kier alpha value is -0.830. The van der Waals surface area contributed by atoms with Crippen LogP contribution in [0.2, 0.25) is 0 Å². The Morgan fingerprint density at radius 1 is 1.30 bits per heavy atom. The number of carbonyl (C=O) groups is 1. The fraction of sp³-hybridized carbons (Fsp3) is 0.824. The van der Waals surface area contributed by atoms with E-state index in [4.69, 9.17) is 4.74 Å². The Balaban J connectivity index is 1.98. The molecule has 0 amide bonds. The summed E-state index contributed by atoms with van der Waals surface area (Å²) in [6.45, 7) is 12.5. The molecule has 0 saturated heterocycles. The highest BCUT2D eigenvalue weighted by Crippen LogP contribution is 2.73. The van der Waals surface area contributed by atoms with E-state index < -0.39 is 12.2 Å². The lowest BCUT2D eigenvalue weighted by Crippen LogP contribution is -2.70. The predicted molar refractivity (Wildman–Crippen MR) is 76.9 cm³/mol. The molecular weight excluding hydrogens is 252 g/mol. The summed E-state index contributed by atoms with van der Waals surface area (Å²) in [7, 11) is 0. The summed E-state index contributed by atoms with van der Waals surface area (Å²) in [6.07, 6.45) is 2.47. The van der Waals surface area contributed by atoms with Crippen LogP contribution < -0.4 is 0 Å². The number of esters is 1. The molecule has 0 spiro atoms. The Morgan fingerprint density at radius 3 is 2.50 bits per heavy atom. The minimum atomic E-state index is -0.594. The fourth-order valence-corrected chi connectivity index (χ4v) is 5.63. The van der Waals surface area contributed by atoms with E-state index in [0.717, 1.165) is 12.0 Å². The second kappa shape index (κ2) is 4.09. The molecule has 0 aromatic carbocycles. The van der Waals surface area contributed by atoms with Gasteiger partial charge in [-0.05, 0) is 47.0 Å². The van der Waals surface area contributed by atoms with Gasteiger partial charge >= 0.3 is 5.97 Å². The lowest BCUT2D eigenvalue weighted by Gasteiger charge is -2.69. The summed E-state index contributed by atoms with van der Waals surface area (Å²) in [5.41, 5.74) is 1.32. The molecule has 3 nitrogen and oxygen atoms in total. The molecule has 0 aromatic rings. The van der Waals surface area contributed by atoms with Gasteiger partial charge < -0.3 is 9.84 Å². The Labute approximate surface area is 121 Å². The first-order chi connectivity index (χ1) is 9.20. The molecular formula is C17H26O3. The number of rotatable bonds is 1. The molecule has 4 bridgehead atoms. The first-order valence-corrected chi connectivity index (χ1v) is 7.74. The van der Waals surface area contributed by atoms with Crippen LogP contribution in [0, 0.1) is 28.6 Å². The summed E-state index contributed by atoms with van der Waals surface area (Å²) in [5, 5.41) is 10.8. The van der Waals surface area contributed by atoms with Gasteiger partial charge in [0.25, 0.3) is 0 Å². The van der Waals surface area contributed by atoms with Gasteiger partial charge in [0.15, 0.2) is 0 Å². The van der Waals surface area contributed by atoms with Gasteiger partial charge in [-0.15, -0.1) is 0 Å². The molecule has 0 heterocycles. The van der Waals surface area contributed by atoms with Crippen molar-refractivity contribution in [3.05, 3.63) is 12.2 Å². The molecule has 0 radical (unpaired) electrons. The van der Waals surface area contributed by atoms with Crippen molar-refractivity contribution in [1.82, 2.24) is 0 Å². The predicted octanol–water partition coefficient (Wildman–Crippen LogP) is 2.93. The minimum absolute atomic E-state index is 0.144. The van der Waals surface area contributed by atoms with E-state index in [0.29, 0.717) is 11.8 Å². The number of hydrogen-bond donors (Lipinski definition) is 1. The largest absolute Gasteiger partial charge is 0.455 e. The highest BCUT2D eigenvalue weighted by atomic mass is 16.6. The maximum absolute atomic E-state index is 11.3. The first-order valence-electron chi connectivity index (χ1n) is 7.74. The van der Waals surface area contributed by atoms with Gasteiger partial charge in [0, 0.05) is 6.92 Å². The van der Waals surface area contributed by atoms with Crippen LogP contribution in [-0.2, 0) is 9.53 Å². The number of aliphatic hydroxyl groups is 1. The van der Waals surface area contributed by atoms with Crippen molar-refractivity contribution >= 4 is 5.97 Å². The molecule has 3 heteroatoms. The molecule has 4 saturated carbocycles. The van der Waals surface area contributed by atoms with Crippen LogP contribution in [0.4, 0.5) is 0 Å². The third kappa shape index (κ3) is 1.59. The summed E-state index contributed by atoms with van der Waals surface area (Å²) in [5.74, 6) is 0.769. The molecule has 20 heavy (non-hydrogen) atoms. The summed E-state index contributed by atoms with van der Waals surface area (Å²) in [4.78, 5) is 11.3. The number of carbonyl (C=O) groups excluding carboxylic acids is 1. The van der Waals surface area contributed by atoms with Crippen LogP contribution in [0.15, 0.2) is 12.2 Å². The third-order valence-corrected chi connectivity index (χ3v) is 6.39. The van der Waals surface area contributed by atoms with Crippen LogP contribution in [0.3, 0.4) is 0 Å². The second-order valence-electron chi connectivity index (χ2n) is 7.97. The average molecular weight is 278 g/mol. The zero-order valence-electron chi connectivity index (χ0n) is 13.0. The van der Waals surface area contributed by atoms with Crippen molar-refractivity contribution < 1.29 is 14.6 Å². The number of fused-ring (bicyclic) bond motifs is 2. The van der Waals surface area contributed by atoms with Crippen molar-refractivity contribution in [2.24, 2.45) is 28.6 Å². The van der Waals surface area contributed by atoms with Gasteiger partial charge in [0.05, 0.1) is 6.10 Å². The van der Waals surface area contributed by atoms with Crippen molar-refractivity contribution in [2.45, 2.75) is 59.2 Å². The monoisotopic (exact) mass is 278 g/mol. The molecule has 4 aliphatic rings. The van der Waals surface area contributed by atoms with Crippen molar-refractivity contribution in [3.63, 3.8) is 0 Å². The Kier molecular flexibility index (Phi) is 2.89. The van der Waals surface area contributed by atoms with Crippen LogP contribution in [0.1, 0.15) is 47.0 Å². The molecule has 4 rings (SSSR count). The van der Waals surface area contributed by atoms with E-state index in [1.165, 1.54) is 19.8 Å². The Morgan fingerprint density at radius 2 is 1.95 bits per heavy atom. The smallest absolute Gasteiger partial charge is 0.303 e. The fourth-order valence-electron chi connectivity index (χ4n) is 5.63. The summed E-state index contributed by atoms with van der Waals surface area (Å²) < 4.78 is 5.35. The molecule has 0 aliphatic heterocycles. The summed E-state index contributed by atoms with van der Waals surface area (Å²) in [6, 6.07) is 0. The van der Waals surface area contributed by atoms with Crippen molar-refractivity contribution in [2.75, 3.05) is 0 Å². The molecule has 4 fully saturated rings. The van der Waals surface area contributed by atoms with E-state index in [-0.39, 0.29) is 22.7 Å². The quantitative estimate of drug-likeness (QED) is 0.592. The maximum Gasteiger partial charge on any atom is 0.303 e. The van der Waals surface area contributed by atoms with Gasteiger partial charge in [-0.2, -0.15) is 0 Å². The van der Waals surface area contributed by atoms with Crippen molar-refractivity contribution in [3.8, 4) is 0 Å². The minimum Gasteiger partial charge on any atom is -0.455 e. The third-order valence-electron chi connectivity index (χ3n) is 6.39. The van der Waals surface area contributed by atoms with E-state index in [9.17, 15) is 9.90 Å². The summed E-state index contributed by atoms with van der Waals surface area (Å²) >= 11 is 0. The lowest BCUT2D eigenvalue weighted by atomic mass is 9.36. The second-order valence-corrected chi connectivity index (χ2v) is 7.97. The Bertz CT molecular complexity index is 467. The van der Waals surface area contributed by atoms with Crippen LogP contribution >= 0.6 is 0 Å². The molecule has 6 atom stereocenters. The molecule has 112 valence electrons. The van der Waals surface area contributed by atoms with E-state index in [1.807, 2.05) is 0 Å².